The first-order chi connectivity index (χ1) is 8.59. The molecule has 0 amide bonds. The zero-order valence-electron chi connectivity index (χ0n) is 14.2. The van der Waals surface area contributed by atoms with E-state index in [2.05, 4.69) is 53.1 Å². The summed E-state index contributed by atoms with van der Waals surface area (Å²) in [5.74, 6) is 0. The molecule has 0 spiro atoms. The van der Waals surface area contributed by atoms with Crippen LogP contribution < -0.4 is 0 Å². The third kappa shape index (κ3) is 10.9. The highest BCUT2D eigenvalue weighted by molar-refractivity contribution is 6.81. The fourth-order valence-corrected chi connectivity index (χ4v) is 10.0. The van der Waals surface area contributed by atoms with Gasteiger partial charge < -0.3 is 13.0 Å². The van der Waals surface area contributed by atoms with Gasteiger partial charge in [-0.05, 0) is 52.1 Å². The molecule has 1 atom stereocenters. The quantitative estimate of drug-likeness (QED) is 0.568. The Morgan fingerprint density at radius 1 is 0.842 bits per heavy atom. The Hall–Kier alpha value is 0.531. The zero-order valence-corrected chi connectivity index (χ0v) is 17.4. The SMILES string of the molecule is CCCOC(CCC)[SiH](O[Si](C)(C)C)O[Si](C)(C)C. The highest BCUT2D eigenvalue weighted by atomic mass is 28.4. The van der Waals surface area contributed by atoms with E-state index in [1.165, 1.54) is 0 Å². The van der Waals surface area contributed by atoms with Crippen molar-refractivity contribution in [3.8, 4) is 0 Å². The molecule has 0 aliphatic heterocycles. The second-order valence-electron chi connectivity index (χ2n) is 7.03. The Kier molecular flexibility index (Phi) is 8.98. The lowest BCUT2D eigenvalue weighted by Crippen LogP contribution is -2.50. The molecule has 0 N–H and O–H groups in total. The maximum atomic E-state index is 6.39. The van der Waals surface area contributed by atoms with E-state index < -0.39 is 25.9 Å². The van der Waals surface area contributed by atoms with Gasteiger partial charge in [0.25, 0.3) is 0 Å². The third-order valence-electron chi connectivity index (χ3n) is 2.35. The normalized spacial score (nSPS) is 15.0. The van der Waals surface area contributed by atoms with Gasteiger partial charge in [0, 0.05) is 6.61 Å². The summed E-state index contributed by atoms with van der Waals surface area (Å²) in [6.07, 6.45) is 3.25. The molecule has 3 nitrogen and oxygen atoms in total. The third-order valence-corrected chi connectivity index (χ3v) is 11.0. The molecular weight excluding hydrogens is 288 g/mol. The molecule has 0 aliphatic carbocycles. The summed E-state index contributed by atoms with van der Waals surface area (Å²) in [6.45, 7) is 18.6. The summed E-state index contributed by atoms with van der Waals surface area (Å²) in [5.41, 5.74) is 0.211. The standard InChI is InChI=1S/C13H34O3Si3/c1-9-11-13(14-12-10-2)17(15-18(3,4)5)16-19(6,7)8/h13,17H,9-12H2,1-8H3. The highest BCUT2D eigenvalue weighted by Gasteiger charge is 2.35. The summed E-state index contributed by atoms with van der Waals surface area (Å²) in [6, 6.07) is 0. The summed E-state index contributed by atoms with van der Waals surface area (Å²) in [5, 5.41) is 0. The van der Waals surface area contributed by atoms with Gasteiger partial charge in [0.05, 0.1) is 5.73 Å². The molecule has 0 saturated heterocycles. The zero-order chi connectivity index (χ0) is 15.1. The van der Waals surface area contributed by atoms with Crippen LogP contribution in [0.2, 0.25) is 39.3 Å². The molecule has 0 aromatic carbocycles. The minimum atomic E-state index is -1.75. The first-order valence-electron chi connectivity index (χ1n) is 7.56. The molecule has 0 rings (SSSR count). The number of ether oxygens (including phenoxy) is 1. The fourth-order valence-electron chi connectivity index (χ4n) is 1.72. The lowest BCUT2D eigenvalue weighted by atomic mass is 10.3. The van der Waals surface area contributed by atoms with Crippen molar-refractivity contribution in [2.75, 3.05) is 6.61 Å². The van der Waals surface area contributed by atoms with Gasteiger partial charge in [-0.25, -0.2) is 0 Å². The largest absolute Gasteiger partial charge is 0.437 e. The van der Waals surface area contributed by atoms with Crippen LogP contribution in [0.25, 0.3) is 0 Å². The Morgan fingerprint density at radius 3 is 1.63 bits per heavy atom. The Bertz CT molecular complexity index is 220. The highest BCUT2D eigenvalue weighted by Crippen LogP contribution is 2.18. The van der Waals surface area contributed by atoms with Crippen LogP contribution in [0.5, 0.6) is 0 Å². The lowest BCUT2D eigenvalue weighted by Gasteiger charge is -2.35. The van der Waals surface area contributed by atoms with Crippen molar-refractivity contribution in [1.82, 2.24) is 0 Å². The molecule has 0 fully saturated rings. The summed E-state index contributed by atoms with van der Waals surface area (Å²) in [4.78, 5) is 0. The van der Waals surface area contributed by atoms with E-state index in [0.717, 1.165) is 25.9 Å². The van der Waals surface area contributed by atoms with E-state index in [0.29, 0.717) is 0 Å². The fraction of sp³-hybridized carbons (Fsp3) is 1.00. The molecule has 0 aromatic rings. The molecule has 6 heteroatoms. The van der Waals surface area contributed by atoms with Crippen molar-refractivity contribution in [3.05, 3.63) is 0 Å². The van der Waals surface area contributed by atoms with Crippen molar-refractivity contribution >= 4 is 25.9 Å². The predicted molar refractivity (Wildman–Crippen MR) is 91.0 cm³/mol. The molecule has 0 aromatic heterocycles. The van der Waals surface area contributed by atoms with Crippen molar-refractivity contribution in [2.45, 2.75) is 78.1 Å². The average molecular weight is 323 g/mol. The van der Waals surface area contributed by atoms with E-state index in [1.54, 1.807) is 0 Å². The molecule has 0 heterocycles. The van der Waals surface area contributed by atoms with Gasteiger partial charge >= 0.3 is 9.28 Å². The summed E-state index contributed by atoms with van der Waals surface area (Å²) >= 11 is 0. The van der Waals surface area contributed by atoms with Crippen molar-refractivity contribution < 1.29 is 13.0 Å². The van der Waals surface area contributed by atoms with Gasteiger partial charge in [-0.15, -0.1) is 0 Å². The van der Waals surface area contributed by atoms with E-state index in [4.69, 9.17) is 13.0 Å². The minimum Gasteiger partial charge on any atom is -0.437 e. The topological polar surface area (TPSA) is 27.7 Å². The molecule has 19 heavy (non-hydrogen) atoms. The Morgan fingerprint density at radius 2 is 1.32 bits per heavy atom. The molecule has 0 aliphatic rings. The molecular formula is C13H34O3Si3. The first kappa shape index (κ1) is 19.5. The van der Waals surface area contributed by atoms with Gasteiger partial charge in [0.2, 0.25) is 0 Å². The van der Waals surface area contributed by atoms with Gasteiger partial charge in [0.15, 0.2) is 16.6 Å². The van der Waals surface area contributed by atoms with Crippen LogP contribution in [0.1, 0.15) is 33.1 Å². The molecule has 116 valence electrons. The number of hydrogen-bond acceptors (Lipinski definition) is 3. The van der Waals surface area contributed by atoms with Gasteiger partial charge in [-0.1, -0.05) is 20.3 Å². The molecule has 0 radical (unpaired) electrons. The average Bonchev–Trinajstić information content (AvgIpc) is 2.19. The monoisotopic (exact) mass is 322 g/mol. The second-order valence-corrected chi connectivity index (χ2v) is 18.8. The molecule has 0 bridgehead atoms. The Labute approximate surface area is 124 Å². The lowest BCUT2D eigenvalue weighted by molar-refractivity contribution is 0.0770. The van der Waals surface area contributed by atoms with Crippen LogP contribution in [0.3, 0.4) is 0 Å². The van der Waals surface area contributed by atoms with Crippen LogP contribution in [0.15, 0.2) is 0 Å². The Balaban J connectivity index is 4.81. The summed E-state index contributed by atoms with van der Waals surface area (Å²) in [7, 11) is -4.89. The number of rotatable bonds is 10. The first-order valence-corrected chi connectivity index (χ1v) is 16.0. The van der Waals surface area contributed by atoms with Crippen LogP contribution in [0, 0.1) is 0 Å². The van der Waals surface area contributed by atoms with Gasteiger partial charge in [-0.3, -0.25) is 0 Å². The van der Waals surface area contributed by atoms with Gasteiger partial charge in [0.1, 0.15) is 0 Å². The van der Waals surface area contributed by atoms with Crippen LogP contribution in [-0.4, -0.2) is 38.3 Å². The van der Waals surface area contributed by atoms with E-state index in [1.807, 2.05) is 0 Å². The van der Waals surface area contributed by atoms with Gasteiger partial charge in [-0.2, -0.15) is 0 Å². The van der Waals surface area contributed by atoms with Crippen molar-refractivity contribution in [2.24, 2.45) is 0 Å². The maximum absolute atomic E-state index is 6.39. The summed E-state index contributed by atoms with van der Waals surface area (Å²) < 4.78 is 18.8. The van der Waals surface area contributed by atoms with E-state index in [9.17, 15) is 0 Å². The molecule has 1 unspecified atom stereocenters. The van der Waals surface area contributed by atoms with Crippen LogP contribution in [-0.2, 0) is 13.0 Å². The van der Waals surface area contributed by atoms with Crippen molar-refractivity contribution in [3.63, 3.8) is 0 Å². The smallest absolute Gasteiger partial charge is 0.330 e. The minimum absolute atomic E-state index is 0.211. The van der Waals surface area contributed by atoms with Crippen molar-refractivity contribution in [1.29, 1.82) is 0 Å². The predicted octanol–water partition coefficient (Wildman–Crippen LogP) is 4.04. The second kappa shape index (κ2) is 8.74. The van der Waals surface area contributed by atoms with E-state index >= 15 is 0 Å². The van der Waals surface area contributed by atoms with Crippen LogP contribution in [0.4, 0.5) is 0 Å². The van der Waals surface area contributed by atoms with E-state index in [-0.39, 0.29) is 5.73 Å². The maximum Gasteiger partial charge on any atom is 0.330 e. The molecule has 0 saturated carbocycles. The number of hydrogen-bond donors (Lipinski definition) is 0. The van der Waals surface area contributed by atoms with Crippen LogP contribution >= 0.6 is 0 Å².